The molecule has 0 amide bonds. The van der Waals surface area contributed by atoms with Gasteiger partial charge in [-0.15, -0.1) is 0 Å². The van der Waals surface area contributed by atoms with E-state index in [0.29, 0.717) is 12.8 Å². The number of hydrogen-bond donors (Lipinski definition) is 3. The van der Waals surface area contributed by atoms with Crippen LogP contribution in [0.2, 0.25) is 0 Å². The molecule has 0 bridgehead atoms. The highest BCUT2D eigenvalue weighted by Gasteiger charge is 2.27. The number of carboxylic acid groups (broad SMARTS) is 2. The minimum absolute atomic E-state index is 0.000469. The molecule has 0 aromatic heterocycles. The maximum Gasteiger partial charge on any atom is 0.335 e. The molecule has 0 saturated heterocycles. The molecule has 108 valence electrons. The molecule has 0 aliphatic heterocycles. The Hall–Kier alpha value is -2.11. The SMILES string of the molecule is O=C(O)c1ccc(F)c(NC2CCCC(C(=O)O)C2)c1. The molecule has 1 aromatic rings. The fourth-order valence-electron chi connectivity index (χ4n) is 2.53. The molecule has 20 heavy (non-hydrogen) atoms. The highest BCUT2D eigenvalue weighted by Crippen LogP contribution is 2.28. The van der Waals surface area contributed by atoms with Gasteiger partial charge in [0.25, 0.3) is 0 Å². The topological polar surface area (TPSA) is 86.6 Å². The molecule has 2 unspecified atom stereocenters. The van der Waals surface area contributed by atoms with Gasteiger partial charge in [-0.1, -0.05) is 6.42 Å². The predicted octanol–water partition coefficient (Wildman–Crippen LogP) is 2.58. The van der Waals surface area contributed by atoms with E-state index in [2.05, 4.69) is 5.32 Å². The number of carbonyl (C=O) groups is 2. The standard InChI is InChI=1S/C14H16FNO4/c15-11-5-4-9(14(19)20)7-12(11)16-10-3-1-2-8(6-10)13(17)18/h4-5,7-8,10,16H,1-3,6H2,(H,17,18)(H,19,20). The van der Waals surface area contributed by atoms with Crippen molar-refractivity contribution in [2.24, 2.45) is 5.92 Å². The fraction of sp³-hybridized carbons (Fsp3) is 0.429. The molecule has 1 aliphatic rings. The van der Waals surface area contributed by atoms with Crippen LogP contribution in [-0.4, -0.2) is 28.2 Å². The normalized spacial score (nSPS) is 22.2. The molecular formula is C14H16FNO4. The molecule has 1 aliphatic carbocycles. The van der Waals surface area contributed by atoms with E-state index in [1.807, 2.05) is 0 Å². The van der Waals surface area contributed by atoms with E-state index < -0.39 is 23.7 Å². The molecule has 2 atom stereocenters. The van der Waals surface area contributed by atoms with Crippen molar-refractivity contribution in [2.75, 3.05) is 5.32 Å². The Labute approximate surface area is 115 Å². The van der Waals surface area contributed by atoms with Crippen LogP contribution in [0.3, 0.4) is 0 Å². The maximum atomic E-state index is 13.7. The summed E-state index contributed by atoms with van der Waals surface area (Å²) >= 11 is 0. The first kappa shape index (κ1) is 14.3. The van der Waals surface area contributed by atoms with Crippen LogP contribution < -0.4 is 5.32 Å². The largest absolute Gasteiger partial charge is 0.481 e. The number of rotatable bonds is 4. The zero-order valence-corrected chi connectivity index (χ0v) is 10.8. The fourth-order valence-corrected chi connectivity index (χ4v) is 2.53. The highest BCUT2D eigenvalue weighted by molar-refractivity contribution is 5.88. The Morgan fingerprint density at radius 2 is 2.00 bits per heavy atom. The summed E-state index contributed by atoms with van der Waals surface area (Å²) in [5.74, 6) is -2.92. The van der Waals surface area contributed by atoms with Gasteiger partial charge >= 0.3 is 11.9 Å². The number of aliphatic carboxylic acids is 1. The molecule has 0 spiro atoms. The first-order chi connectivity index (χ1) is 9.47. The van der Waals surface area contributed by atoms with Crippen molar-refractivity contribution in [2.45, 2.75) is 31.7 Å². The van der Waals surface area contributed by atoms with Crippen molar-refractivity contribution in [3.8, 4) is 0 Å². The number of benzene rings is 1. The zero-order valence-electron chi connectivity index (χ0n) is 10.8. The average Bonchev–Trinajstić information content (AvgIpc) is 2.41. The van der Waals surface area contributed by atoms with Crippen LogP contribution in [0.1, 0.15) is 36.0 Å². The molecule has 5 nitrogen and oxygen atoms in total. The summed E-state index contributed by atoms with van der Waals surface area (Å²) in [6.45, 7) is 0. The Morgan fingerprint density at radius 1 is 1.25 bits per heavy atom. The van der Waals surface area contributed by atoms with E-state index in [1.54, 1.807) is 0 Å². The maximum absolute atomic E-state index is 13.7. The van der Waals surface area contributed by atoms with Gasteiger partial charge in [0.2, 0.25) is 0 Å². The second kappa shape index (κ2) is 5.90. The minimum atomic E-state index is -1.12. The summed E-state index contributed by atoms with van der Waals surface area (Å²) in [6, 6.07) is 3.39. The molecule has 0 heterocycles. The third-order valence-corrected chi connectivity index (χ3v) is 3.60. The van der Waals surface area contributed by atoms with Crippen LogP contribution in [0, 0.1) is 11.7 Å². The summed E-state index contributed by atoms with van der Waals surface area (Å²) in [4.78, 5) is 21.9. The Morgan fingerprint density at radius 3 is 2.65 bits per heavy atom. The van der Waals surface area contributed by atoms with Gasteiger partial charge in [0.05, 0.1) is 17.2 Å². The van der Waals surface area contributed by atoms with Gasteiger partial charge in [-0.25, -0.2) is 9.18 Å². The van der Waals surface area contributed by atoms with Crippen LogP contribution in [0.25, 0.3) is 0 Å². The van der Waals surface area contributed by atoms with Gasteiger partial charge in [0.1, 0.15) is 5.82 Å². The third-order valence-electron chi connectivity index (χ3n) is 3.60. The van der Waals surface area contributed by atoms with E-state index in [0.717, 1.165) is 18.9 Å². The number of halogens is 1. The molecule has 6 heteroatoms. The molecule has 1 fully saturated rings. The Balaban J connectivity index is 2.11. The van der Waals surface area contributed by atoms with E-state index >= 15 is 0 Å². The van der Waals surface area contributed by atoms with Crippen LogP contribution in [0.4, 0.5) is 10.1 Å². The first-order valence-corrected chi connectivity index (χ1v) is 6.49. The predicted molar refractivity (Wildman–Crippen MR) is 70.4 cm³/mol. The smallest absolute Gasteiger partial charge is 0.335 e. The van der Waals surface area contributed by atoms with Gasteiger partial charge < -0.3 is 15.5 Å². The lowest BCUT2D eigenvalue weighted by Gasteiger charge is -2.28. The van der Waals surface area contributed by atoms with Gasteiger partial charge in [-0.2, -0.15) is 0 Å². The highest BCUT2D eigenvalue weighted by atomic mass is 19.1. The van der Waals surface area contributed by atoms with Crippen LogP contribution in [0.15, 0.2) is 18.2 Å². The Kier molecular flexibility index (Phi) is 4.22. The molecular weight excluding hydrogens is 265 g/mol. The molecule has 1 aromatic carbocycles. The molecule has 3 N–H and O–H groups in total. The average molecular weight is 281 g/mol. The number of aromatic carboxylic acids is 1. The number of carboxylic acids is 2. The second-order valence-electron chi connectivity index (χ2n) is 5.04. The third kappa shape index (κ3) is 3.26. The second-order valence-corrected chi connectivity index (χ2v) is 5.04. The van der Waals surface area contributed by atoms with E-state index in [-0.39, 0.29) is 17.3 Å². The van der Waals surface area contributed by atoms with Gasteiger partial charge in [-0.3, -0.25) is 4.79 Å². The van der Waals surface area contributed by atoms with Crippen molar-refractivity contribution >= 4 is 17.6 Å². The van der Waals surface area contributed by atoms with Crippen LogP contribution in [0.5, 0.6) is 0 Å². The van der Waals surface area contributed by atoms with Crippen molar-refractivity contribution in [3.63, 3.8) is 0 Å². The number of anilines is 1. The molecule has 1 saturated carbocycles. The molecule has 2 rings (SSSR count). The van der Waals surface area contributed by atoms with Gasteiger partial charge in [0.15, 0.2) is 0 Å². The quantitative estimate of drug-likeness (QED) is 0.789. The van der Waals surface area contributed by atoms with Gasteiger partial charge in [-0.05, 0) is 37.5 Å². The van der Waals surface area contributed by atoms with Crippen LogP contribution in [-0.2, 0) is 4.79 Å². The van der Waals surface area contributed by atoms with E-state index in [4.69, 9.17) is 10.2 Å². The minimum Gasteiger partial charge on any atom is -0.481 e. The lowest BCUT2D eigenvalue weighted by atomic mass is 9.85. The Bertz CT molecular complexity index is 532. The van der Waals surface area contributed by atoms with Crippen LogP contribution >= 0.6 is 0 Å². The summed E-state index contributed by atoms with van der Waals surface area (Å²) < 4.78 is 13.7. The number of hydrogen-bond acceptors (Lipinski definition) is 3. The molecule has 0 radical (unpaired) electrons. The van der Waals surface area contributed by atoms with Crippen molar-refractivity contribution in [3.05, 3.63) is 29.6 Å². The summed E-state index contributed by atoms with van der Waals surface area (Å²) in [6.07, 6.45) is 2.56. The monoisotopic (exact) mass is 281 g/mol. The van der Waals surface area contributed by atoms with Crippen molar-refractivity contribution < 1.29 is 24.2 Å². The van der Waals surface area contributed by atoms with Crippen molar-refractivity contribution in [1.29, 1.82) is 0 Å². The van der Waals surface area contributed by atoms with E-state index in [9.17, 15) is 14.0 Å². The zero-order chi connectivity index (χ0) is 14.7. The van der Waals surface area contributed by atoms with Gasteiger partial charge in [0, 0.05) is 6.04 Å². The van der Waals surface area contributed by atoms with Crippen molar-refractivity contribution in [1.82, 2.24) is 0 Å². The summed E-state index contributed by atoms with van der Waals surface area (Å²) in [7, 11) is 0. The first-order valence-electron chi connectivity index (χ1n) is 6.49. The lowest BCUT2D eigenvalue weighted by Crippen LogP contribution is -2.31. The summed E-state index contributed by atoms with van der Waals surface area (Å²) in [5.41, 5.74) is 0.112. The number of nitrogens with one attached hydrogen (secondary N) is 1. The lowest BCUT2D eigenvalue weighted by molar-refractivity contribution is -0.142. The van der Waals surface area contributed by atoms with E-state index in [1.165, 1.54) is 12.1 Å². The summed E-state index contributed by atoms with van der Waals surface area (Å²) in [5, 5.41) is 20.8.